The summed E-state index contributed by atoms with van der Waals surface area (Å²) in [5.74, 6) is 1.35. The molecule has 0 unspecified atom stereocenters. The number of hydrogen-bond donors (Lipinski definition) is 1. The zero-order chi connectivity index (χ0) is 25.7. The van der Waals surface area contributed by atoms with Crippen molar-refractivity contribution in [3.05, 3.63) is 93.7 Å². The molecule has 0 aliphatic carbocycles. The highest BCUT2D eigenvalue weighted by molar-refractivity contribution is 7.80. The van der Waals surface area contributed by atoms with Gasteiger partial charge in [-0.2, -0.15) is 0 Å². The second-order valence-electron chi connectivity index (χ2n) is 7.64. The minimum Gasteiger partial charge on any atom is -0.496 e. The van der Waals surface area contributed by atoms with Crippen molar-refractivity contribution in [2.45, 2.75) is 13.5 Å². The van der Waals surface area contributed by atoms with Gasteiger partial charge in [-0.25, -0.2) is 4.90 Å². The van der Waals surface area contributed by atoms with Gasteiger partial charge in [0, 0.05) is 17.7 Å². The molecule has 0 saturated carbocycles. The maximum atomic E-state index is 13.2. The lowest BCUT2D eigenvalue weighted by Gasteiger charge is -2.18. The van der Waals surface area contributed by atoms with E-state index >= 15 is 0 Å². The van der Waals surface area contributed by atoms with Crippen LogP contribution in [0, 0.1) is 10.1 Å². The number of hydrogen-bond acceptors (Lipinski definition) is 7. The van der Waals surface area contributed by atoms with Crippen LogP contribution in [-0.2, 0) is 11.4 Å². The van der Waals surface area contributed by atoms with E-state index in [1.807, 2.05) is 31.2 Å². The van der Waals surface area contributed by atoms with E-state index in [2.05, 4.69) is 5.32 Å². The minimum absolute atomic E-state index is 0.0156. The smallest absolute Gasteiger partial charge is 0.281 e. The number of nitrogens with one attached hydrogen (secondary N) is 1. The van der Waals surface area contributed by atoms with Crippen molar-refractivity contribution in [1.82, 2.24) is 5.32 Å². The molecule has 0 radical (unpaired) electrons. The molecular weight excluding hydrogens is 482 g/mol. The van der Waals surface area contributed by atoms with Crippen LogP contribution >= 0.6 is 12.2 Å². The predicted molar refractivity (Wildman–Crippen MR) is 139 cm³/mol. The van der Waals surface area contributed by atoms with E-state index in [1.54, 1.807) is 31.4 Å². The van der Waals surface area contributed by atoms with Crippen LogP contribution < -0.4 is 24.4 Å². The second kappa shape index (κ2) is 10.9. The monoisotopic (exact) mass is 505 g/mol. The van der Waals surface area contributed by atoms with E-state index < -0.39 is 4.92 Å². The van der Waals surface area contributed by atoms with Crippen molar-refractivity contribution in [2.75, 3.05) is 18.6 Å². The van der Waals surface area contributed by atoms with Gasteiger partial charge >= 0.3 is 0 Å². The number of thiocarbonyl (C=S) groups is 1. The fourth-order valence-electron chi connectivity index (χ4n) is 3.67. The summed E-state index contributed by atoms with van der Waals surface area (Å²) in [5.41, 5.74) is 2.34. The molecule has 1 saturated heterocycles. The molecule has 1 heterocycles. The molecule has 0 atom stereocenters. The van der Waals surface area contributed by atoms with Gasteiger partial charge in [0.25, 0.3) is 11.6 Å². The van der Waals surface area contributed by atoms with E-state index in [-0.39, 0.29) is 23.3 Å². The summed E-state index contributed by atoms with van der Waals surface area (Å²) in [6.45, 7) is 2.49. The molecule has 184 valence electrons. The Morgan fingerprint density at radius 3 is 2.50 bits per heavy atom. The van der Waals surface area contributed by atoms with Crippen LogP contribution in [0.15, 0.2) is 72.4 Å². The third-order valence-electron chi connectivity index (χ3n) is 5.34. The highest BCUT2D eigenvalue weighted by atomic mass is 32.1. The number of carbonyl (C=O) groups excluding carboxylic acids is 1. The largest absolute Gasteiger partial charge is 0.496 e. The molecule has 1 N–H and O–H groups in total. The molecule has 36 heavy (non-hydrogen) atoms. The first-order valence-electron chi connectivity index (χ1n) is 11.0. The van der Waals surface area contributed by atoms with Crippen molar-refractivity contribution in [1.29, 1.82) is 0 Å². The number of nitro groups is 1. The lowest BCUT2D eigenvalue weighted by molar-refractivity contribution is -0.384. The van der Waals surface area contributed by atoms with Gasteiger partial charge in [0.05, 0.1) is 24.3 Å². The van der Waals surface area contributed by atoms with E-state index in [0.717, 1.165) is 11.1 Å². The van der Waals surface area contributed by atoms with Crippen LogP contribution in [0.25, 0.3) is 6.08 Å². The van der Waals surface area contributed by atoms with Gasteiger partial charge in [0.1, 0.15) is 29.6 Å². The Balaban J connectivity index is 1.55. The summed E-state index contributed by atoms with van der Waals surface area (Å²) in [4.78, 5) is 25.0. The van der Waals surface area contributed by atoms with E-state index in [0.29, 0.717) is 35.2 Å². The summed E-state index contributed by atoms with van der Waals surface area (Å²) in [7, 11) is 1.55. The number of ether oxygens (including phenoxy) is 3. The summed E-state index contributed by atoms with van der Waals surface area (Å²) in [6, 6.07) is 18.5. The first-order valence-corrected chi connectivity index (χ1v) is 11.4. The number of anilines is 1. The van der Waals surface area contributed by atoms with E-state index in [1.165, 1.54) is 29.2 Å². The Bertz CT molecular complexity index is 1340. The third-order valence-corrected chi connectivity index (χ3v) is 5.63. The number of nitro benzene ring substituents is 1. The van der Waals surface area contributed by atoms with Gasteiger partial charge in [-0.15, -0.1) is 0 Å². The van der Waals surface area contributed by atoms with Gasteiger partial charge in [-0.1, -0.05) is 18.2 Å². The van der Waals surface area contributed by atoms with Crippen molar-refractivity contribution >= 4 is 40.7 Å². The van der Waals surface area contributed by atoms with Gasteiger partial charge in [-0.3, -0.25) is 14.9 Å². The number of benzene rings is 3. The number of nitrogens with zero attached hydrogens (tertiary/aromatic N) is 2. The standard InChI is InChI=1S/C26H23N3O6S/c1-3-34-24-7-5-4-6-22(24)28-25(30)21(27-26(28)36)15-17-8-13-23(33-2)18(14-17)16-35-20-11-9-19(10-12-20)29(31)32/h4-15H,3,16H2,1-2H3,(H,27,36)/b21-15+. The van der Waals surface area contributed by atoms with Crippen molar-refractivity contribution in [3.8, 4) is 17.2 Å². The molecule has 0 aromatic heterocycles. The lowest BCUT2D eigenvalue weighted by Crippen LogP contribution is -2.30. The molecule has 3 aromatic carbocycles. The number of carbonyl (C=O) groups is 1. The van der Waals surface area contributed by atoms with Crippen molar-refractivity contribution < 1.29 is 23.9 Å². The maximum Gasteiger partial charge on any atom is 0.281 e. The second-order valence-corrected chi connectivity index (χ2v) is 8.03. The molecule has 3 aromatic rings. The summed E-state index contributed by atoms with van der Waals surface area (Å²) in [6.07, 6.45) is 1.70. The zero-order valence-electron chi connectivity index (χ0n) is 19.6. The average Bonchev–Trinajstić information content (AvgIpc) is 3.16. The number of methoxy groups -OCH3 is 1. The molecule has 1 amide bonds. The number of amides is 1. The zero-order valence-corrected chi connectivity index (χ0v) is 20.4. The molecule has 1 aliphatic rings. The Kier molecular flexibility index (Phi) is 7.45. The van der Waals surface area contributed by atoms with Crippen molar-refractivity contribution in [2.24, 2.45) is 0 Å². The maximum absolute atomic E-state index is 13.2. The highest BCUT2D eigenvalue weighted by Crippen LogP contribution is 2.32. The molecule has 1 aliphatic heterocycles. The number of non-ortho nitro benzene ring substituents is 1. The average molecular weight is 506 g/mol. The van der Waals surface area contributed by atoms with Crippen LogP contribution in [0.3, 0.4) is 0 Å². The number of rotatable bonds is 9. The lowest BCUT2D eigenvalue weighted by atomic mass is 10.1. The SMILES string of the molecule is CCOc1ccccc1N1C(=O)/C(=C\c2ccc(OC)c(COc3ccc([N+](=O)[O-])cc3)c2)NC1=S. The molecule has 1 fully saturated rings. The van der Waals surface area contributed by atoms with Crippen molar-refractivity contribution in [3.63, 3.8) is 0 Å². The molecule has 4 rings (SSSR count). The predicted octanol–water partition coefficient (Wildman–Crippen LogP) is 4.84. The molecule has 10 heteroatoms. The molecule has 9 nitrogen and oxygen atoms in total. The van der Waals surface area contributed by atoms with Gasteiger partial charge in [0.15, 0.2) is 5.11 Å². The van der Waals surface area contributed by atoms with Crippen LogP contribution in [0.5, 0.6) is 17.2 Å². The quantitative estimate of drug-likeness (QED) is 0.191. The number of para-hydroxylation sites is 2. The Morgan fingerprint density at radius 2 is 1.81 bits per heavy atom. The van der Waals surface area contributed by atoms with E-state index in [9.17, 15) is 14.9 Å². The molecular formula is C26H23N3O6S. The first-order chi connectivity index (χ1) is 17.4. The van der Waals surface area contributed by atoms with Crippen LogP contribution in [-0.4, -0.2) is 29.7 Å². The Morgan fingerprint density at radius 1 is 1.06 bits per heavy atom. The third kappa shape index (κ3) is 5.28. The summed E-state index contributed by atoms with van der Waals surface area (Å²) < 4.78 is 16.9. The minimum atomic E-state index is -0.468. The highest BCUT2D eigenvalue weighted by Gasteiger charge is 2.33. The van der Waals surface area contributed by atoms with Crippen LogP contribution in [0.2, 0.25) is 0 Å². The van der Waals surface area contributed by atoms with Gasteiger partial charge < -0.3 is 19.5 Å². The fraction of sp³-hybridized carbons (Fsp3) is 0.154. The Labute approximate surface area is 213 Å². The molecule has 0 spiro atoms. The van der Waals surface area contributed by atoms with E-state index in [4.69, 9.17) is 26.4 Å². The molecule has 0 bridgehead atoms. The fourth-order valence-corrected chi connectivity index (χ4v) is 3.96. The Hall–Kier alpha value is -4.44. The van der Waals surface area contributed by atoms with Gasteiger partial charge in [0.2, 0.25) is 0 Å². The summed E-state index contributed by atoms with van der Waals surface area (Å²) >= 11 is 5.44. The summed E-state index contributed by atoms with van der Waals surface area (Å²) in [5, 5.41) is 14.1. The topological polar surface area (TPSA) is 103 Å². The van der Waals surface area contributed by atoms with Gasteiger partial charge in [-0.05, 0) is 67.2 Å². The van der Waals surface area contributed by atoms with Crippen LogP contribution in [0.4, 0.5) is 11.4 Å². The van der Waals surface area contributed by atoms with Crippen LogP contribution in [0.1, 0.15) is 18.1 Å². The first kappa shape index (κ1) is 24.7. The normalized spacial score (nSPS) is 14.1.